The van der Waals surface area contributed by atoms with Crippen LogP contribution in [-0.2, 0) is 15.9 Å². The molecule has 0 aromatic carbocycles. The molecule has 0 aliphatic carbocycles. The van der Waals surface area contributed by atoms with Crippen molar-refractivity contribution in [3.63, 3.8) is 0 Å². The number of aryl methyl sites for hydroxylation is 1. The topological polar surface area (TPSA) is 40.6 Å². The van der Waals surface area contributed by atoms with Gasteiger partial charge in [0.1, 0.15) is 4.90 Å². The number of rotatable bonds is 6. The van der Waals surface area contributed by atoms with Gasteiger partial charge in [-0.3, -0.25) is 0 Å². The zero-order valence-electron chi connectivity index (χ0n) is 11.1. The minimum absolute atomic E-state index is 0.231. The van der Waals surface area contributed by atoms with Crippen LogP contribution in [0.15, 0.2) is 10.3 Å². The Morgan fingerprint density at radius 1 is 1.28 bits per heavy atom. The minimum atomic E-state index is -3.43. The Morgan fingerprint density at radius 2 is 1.89 bits per heavy atom. The Labute approximate surface area is 118 Å². The average Bonchev–Trinajstić information content (AvgIpc) is 2.67. The first-order valence-corrected chi connectivity index (χ1v) is 8.40. The number of sulfonamides is 1. The molecule has 18 heavy (non-hydrogen) atoms. The molecule has 0 aliphatic rings. The summed E-state index contributed by atoms with van der Waals surface area (Å²) < 4.78 is 26.3. The summed E-state index contributed by atoms with van der Waals surface area (Å²) in [6, 6.07) is 0. The third-order valence-corrected chi connectivity index (χ3v) is 6.39. The number of hydrogen-bond acceptors (Lipinski definition) is 4. The summed E-state index contributed by atoms with van der Waals surface area (Å²) in [4.78, 5) is 3.05. The molecule has 1 rings (SSSR count). The van der Waals surface area contributed by atoms with Crippen molar-refractivity contribution in [2.75, 3.05) is 34.2 Å². The molecule has 0 N–H and O–H groups in total. The number of hydrogen-bond donors (Lipinski definition) is 0. The first-order chi connectivity index (χ1) is 8.30. The first kappa shape index (κ1) is 15.9. The highest BCUT2D eigenvalue weighted by Gasteiger charge is 2.26. The lowest BCUT2D eigenvalue weighted by Gasteiger charge is -2.20. The highest BCUT2D eigenvalue weighted by molar-refractivity contribution is 7.89. The van der Waals surface area contributed by atoms with Gasteiger partial charge in [0.25, 0.3) is 0 Å². The van der Waals surface area contributed by atoms with Crippen LogP contribution >= 0.6 is 22.9 Å². The average molecular weight is 311 g/mol. The lowest BCUT2D eigenvalue weighted by Crippen LogP contribution is -2.34. The maximum atomic E-state index is 12.5. The highest BCUT2D eigenvalue weighted by atomic mass is 35.5. The van der Waals surface area contributed by atoms with Crippen LogP contribution in [0.3, 0.4) is 0 Å². The monoisotopic (exact) mass is 310 g/mol. The SMILES string of the molecule is Cc1csc(CCl)c1S(=O)(=O)N(C)CCN(C)C. The van der Waals surface area contributed by atoms with Crippen LogP contribution < -0.4 is 0 Å². The third-order valence-electron chi connectivity index (χ3n) is 2.64. The highest BCUT2D eigenvalue weighted by Crippen LogP contribution is 2.30. The summed E-state index contributed by atoms with van der Waals surface area (Å²) in [5, 5.41) is 1.84. The molecule has 0 saturated heterocycles. The van der Waals surface area contributed by atoms with Crippen LogP contribution in [0.5, 0.6) is 0 Å². The standard InChI is InChI=1S/C11H19ClN2O2S2/c1-9-8-17-10(7-12)11(9)18(15,16)14(4)6-5-13(2)3/h8H,5-7H2,1-4H3. The van der Waals surface area contributed by atoms with E-state index < -0.39 is 10.0 Å². The van der Waals surface area contributed by atoms with Crippen LogP contribution in [0.25, 0.3) is 0 Å². The minimum Gasteiger partial charge on any atom is -0.308 e. The molecule has 104 valence electrons. The molecule has 0 radical (unpaired) electrons. The van der Waals surface area contributed by atoms with Gasteiger partial charge in [0.15, 0.2) is 0 Å². The van der Waals surface area contributed by atoms with Gasteiger partial charge < -0.3 is 4.90 Å². The first-order valence-electron chi connectivity index (χ1n) is 5.54. The van der Waals surface area contributed by atoms with Crippen LogP contribution in [0.4, 0.5) is 0 Å². The second-order valence-electron chi connectivity index (χ2n) is 4.43. The molecule has 0 unspecified atom stereocenters. The second-order valence-corrected chi connectivity index (χ2v) is 7.65. The summed E-state index contributed by atoms with van der Waals surface area (Å²) >= 11 is 7.20. The van der Waals surface area contributed by atoms with E-state index in [4.69, 9.17) is 11.6 Å². The number of nitrogens with zero attached hydrogens (tertiary/aromatic N) is 2. The lowest BCUT2D eigenvalue weighted by atomic mass is 10.3. The van der Waals surface area contributed by atoms with E-state index in [1.165, 1.54) is 15.6 Å². The Balaban J connectivity index is 3.02. The fourth-order valence-corrected chi connectivity index (χ4v) is 4.71. The molecule has 1 aromatic rings. The summed E-state index contributed by atoms with van der Waals surface area (Å²) in [5.74, 6) is 0.231. The molecule has 4 nitrogen and oxygen atoms in total. The maximum Gasteiger partial charge on any atom is 0.244 e. The van der Waals surface area contributed by atoms with Gasteiger partial charge in [-0.25, -0.2) is 8.42 Å². The van der Waals surface area contributed by atoms with Gasteiger partial charge >= 0.3 is 0 Å². The lowest BCUT2D eigenvalue weighted by molar-refractivity contribution is 0.358. The van der Waals surface area contributed by atoms with E-state index >= 15 is 0 Å². The third kappa shape index (κ3) is 3.45. The molecule has 1 heterocycles. The van der Waals surface area contributed by atoms with E-state index in [2.05, 4.69) is 0 Å². The van der Waals surface area contributed by atoms with Crippen LogP contribution in [0.2, 0.25) is 0 Å². The molecular formula is C11H19ClN2O2S2. The van der Waals surface area contributed by atoms with Crippen molar-refractivity contribution >= 4 is 33.0 Å². The molecule has 0 fully saturated rings. The van der Waals surface area contributed by atoms with Crippen molar-refractivity contribution in [3.05, 3.63) is 15.8 Å². The Kier molecular flexibility index (Phi) is 5.61. The van der Waals surface area contributed by atoms with Crippen LogP contribution in [0, 0.1) is 6.92 Å². The Hall–Kier alpha value is -0.140. The van der Waals surface area contributed by atoms with E-state index in [1.54, 1.807) is 14.0 Å². The molecule has 7 heteroatoms. The van der Waals surface area contributed by atoms with Gasteiger partial charge in [0.2, 0.25) is 10.0 Å². The van der Waals surface area contributed by atoms with E-state index in [1.807, 2.05) is 24.4 Å². The molecule has 0 saturated carbocycles. The van der Waals surface area contributed by atoms with E-state index in [9.17, 15) is 8.42 Å². The van der Waals surface area contributed by atoms with E-state index in [-0.39, 0.29) is 5.88 Å². The molecule has 0 bridgehead atoms. The van der Waals surface area contributed by atoms with Gasteiger partial charge in [-0.15, -0.1) is 22.9 Å². The molecular weight excluding hydrogens is 292 g/mol. The van der Waals surface area contributed by atoms with E-state index in [0.29, 0.717) is 22.9 Å². The fraction of sp³-hybridized carbons (Fsp3) is 0.636. The summed E-state index contributed by atoms with van der Waals surface area (Å²) in [6.07, 6.45) is 0. The van der Waals surface area contributed by atoms with Crippen molar-refractivity contribution in [2.45, 2.75) is 17.7 Å². The van der Waals surface area contributed by atoms with Gasteiger partial charge in [0, 0.05) is 25.0 Å². The normalized spacial score (nSPS) is 12.6. The molecule has 0 aliphatic heterocycles. The molecule has 0 spiro atoms. The zero-order chi connectivity index (χ0) is 13.9. The van der Waals surface area contributed by atoms with Gasteiger partial charge in [-0.2, -0.15) is 4.31 Å². The predicted molar refractivity (Wildman–Crippen MR) is 77.0 cm³/mol. The molecule has 0 amide bonds. The van der Waals surface area contributed by atoms with Crippen LogP contribution in [-0.4, -0.2) is 51.9 Å². The fourth-order valence-electron chi connectivity index (χ4n) is 1.54. The summed E-state index contributed by atoms with van der Waals surface area (Å²) in [5.41, 5.74) is 0.771. The van der Waals surface area contributed by atoms with Crippen molar-refractivity contribution in [1.29, 1.82) is 0 Å². The predicted octanol–water partition coefficient (Wildman–Crippen LogP) is 1.98. The zero-order valence-corrected chi connectivity index (χ0v) is 13.5. The van der Waals surface area contributed by atoms with Crippen molar-refractivity contribution in [1.82, 2.24) is 9.21 Å². The van der Waals surface area contributed by atoms with Crippen molar-refractivity contribution in [3.8, 4) is 0 Å². The summed E-state index contributed by atoms with van der Waals surface area (Å²) in [6.45, 7) is 2.96. The largest absolute Gasteiger partial charge is 0.308 e. The Bertz CT molecular complexity index is 497. The number of alkyl halides is 1. The van der Waals surface area contributed by atoms with Crippen LogP contribution in [0.1, 0.15) is 10.4 Å². The molecule has 1 aromatic heterocycles. The smallest absolute Gasteiger partial charge is 0.244 e. The van der Waals surface area contributed by atoms with Gasteiger partial charge in [-0.1, -0.05) is 0 Å². The van der Waals surface area contributed by atoms with Crippen molar-refractivity contribution in [2.24, 2.45) is 0 Å². The second kappa shape index (κ2) is 6.34. The van der Waals surface area contributed by atoms with Gasteiger partial charge in [-0.05, 0) is 32.0 Å². The number of thiophene rings is 1. The number of likely N-dealkylation sites (N-methyl/N-ethyl adjacent to an activating group) is 2. The number of halogens is 1. The van der Waals surface area contributed by atoms with Gasteiger partial charge in [0.05, 0.1) is 5.88 Å². The van der Waals surface area contributed by atoms with Crippen molar-refractivity contribution < 1.29 is 8.42 Å². The Morgan fingerprint density at radius 3 is 2.39 bits per heavy atom. The maximum absolute atomic E-state index is 12.5. The summed E-state index contributed by atoms with van der Waals surface area (Å²) in [7, 11) is 2.01. The molecule has 0 atom stereocenters. The quantitative estimate of drug-likeness (QED) is 0.754. The van der Waals surface area contributed by atoms with E-state index in [0.717, 1.165) is 5.56 Å².